The van der Waals surface area contributed by atoms with Crippen LogP contribution in [0.25, 0.3) is 0 Å². The summed E-state index contributed by atoms with van der Waals surface area (Å²) in [7, 11) is 1.47. The van der Waals surface area contributed by atoms with Crippen LogP contribution < -0.4 is 0 Å². The van der Waals surface area contributed by atoms with Crippen molar-refractivity contribution in [2.24, 2.45) is 0 Å². The smallest absolute Gasteiger partial charge is 0.120 e. The van der Waals surface area contributed by atoms with E-state index >= 15 is 0 Å². The van der Waals surface area contributed by atoms with Crippen molar-refractivity contribution < 1.29 is 11.0 Å². The second-order valence-electron chi connectivity index (χ2n) is 3.47. The molecule has 0 aromatic rings. The van der Waals surface area contributed by atoms with Gasteiger partial charge in [-0.2, -0.15) is 0 Å². The van der Waals surface area contributed by atoms with Crippen LogP contribution in [0.15, 0.2) is 0 Å². The molecule has 13 heavy (non-hydrogen) atoms. The van der Waals surface area contributed by atoms with Crippen molar-refractivity contribution >= 4 is 7.28 Å². The first-order valence-electron chi connectivity index (χ1n) is 5.41. The molecule has 0 rings (SSSR count). The third kappa shape index (κ3) is 18.7. The van der Waals surface area contributed by atoms with Crippen molar-refractivity contribution in [2.75, 3.05) is 0 Å². The zero-order valence-electron chi connectivity index (χ0n) is 9.36. The van der Waals surface area contributed by atoms with E-state index in [9.17, 15) is 0 Å². The molecule has 3 heteroatoms. The summed E-state index contributed by atoms with van der Waals surface area (Å²) in [5.74, 6) is 0. The van der Waals surface area contributed by atoms with Crippen LogP contribution in [0.5, 0.6) is 0 Å². The summed E-state index contributed by atoms with van der Waals surface area (Å²) in [5, 5.41) is 0. The Morgan fingerprint density at radius 3 is 1.77 bits per heavy atom. The first-order chi connectivity index (χ1) is 5.41. The van der Waals surface area contributed by atoms with E-state index in [1.165, 1.54) is 58.4 Å². The van der Waals surface area contributed by atoms with Gasteiger partial charge in [0.15, 0.2) is 0 Å². The Labute approximate surface area is 84.0 Å². The van der Waals surface area contributed by atoms with E-state index in [0.717, 1.165) is 0 Å². The number of rotatable bonds is 8. The molecule has 0 aromatic heterocycles. The average molecular weight is 190 g/mol. The van der Waals surface area contributed by atoms with Gasteiger partial charge in [0.05, 0.1) is 0 Å². The summed E-state index contributed by atoms with van der Waals surface area (Å²) in [5.41, 5.74) is 0. The molecule has 0 spiro atoms. The zero-order valence-corrected chi connectivity index (χ0v) is 9.36. The summed E-state index contributed by atoms with van der Waals surface area (Å²) < 4.78 is 0. The van der Waals surface area contributed by atoms with Crippen LogP contribution in [0.1, 0.15) is 52.4 Å². The van der Waals surface area contributed by atoms with E-state index in [4.69, 9.17) is 0 Å². The molecule has 0 heterocycles. The predicted molar refractivity (Wildman–Crippen MR) is 63.0 cm³/mol. The summed E-state index contributed by atoms with van der Waals surface area (Å²) in [4.78, 5) is 0. The van der Waals surface area contributed by atoms with Crippen LogP contribution in [0.3, 0.4) is 0 Å². The summed E-state index contributed by atoms with van der Waals surface area (Å²) >= 11 is 0. The molecule has 0 aliphatic heterocycles. The van der Waals surface area contributed by atoms with Crippen molar-refractivity contribution in [3.05, 3.63) is 0 Å². The maximum atomic E-state index is 2.27. The van der Waals surface area contributed by atoms with Gasteiger partial charge in [-0.3, -0.25) is 0 Å². The molecule has 0 saturated heterocycles. The van der Waals surface area contributed by atoms with E-state index in [1.54, 1.807) is 0 Å². The minimum absolute atomic E-state index is 0. The van der Waals surface area contributed by atoms with E-state index in [0.29, 0.717) is 0 Å². The second-order valence-corrected chi connectivity index (χ2v) is 3.47. The monoisotopic (exact) mass is 190 g/mol. The summed E-state index contributed by atoms with van der Waals surface area (Å²) in [6.07, 6.45) is 11.5. The number of unbranched alkanes of at least 4 members (excludes halogenated alkanes) is 4. The van der Waals surface area contributed by atoms with E-state index in [1.807, 2.05) is 0 Å². The molecule has 0 atom stereocenters. The topological polar surface area (TPSA) is 63.0 Å². The Balaban J connectivity index is -0.000000500. The van der Waals surface area contributed by atoms with Gasteiger partial charge in [-0.05, 0) is 0 Å². The highest BCUT2D eigenvalue weighted by molar-refractivity contribution is 6.35. The standard InChI is InChI=1S/C10H23B.2H2O/c1-3-5-7-8-10-11-9-6-4-2;;/h11H,3-10H2,1-2H3;2*1H2. The first-order valence-corrected chi connectivity index (χ1v) is 5.41. The molecule has 0 aliphatic carbocycles. The van der Waals surface area contributed by atoms with Gasteiger partial charge in [0.25, 0.3) is 0 Å². The Morgan fingerprint density at radius 1 is 0.692 bits per heavy atom. The third-order valence-electron chi connectivity index (χ3n) is 2.21. The SMILES string of the molecule is CCCCBCCCCCC.O.O. The molecular formula is C10H27BO2. The van der Waals surface area contributed by atoms with Crippen molar-refractivity contribution in [3.8, 4) is 0 Å². The van der Waals surface area contributed by atoms with Gasteiger partial charge in [-0.1, -0.05) is 65.0 Å². The Kier molecular flexibility index (Phi) is 25.8. The normalized spacial score (nSPS) is 8.46. The third-order valence-corrected chi connectivity index (χ3v) is 2.21. The van der Waals surface area contributed by atoms with E-state index in [-0.39, 0.29) is 11.0 Å². The van der Waals surface area contributed by atoms with Crippen LogP contribution in [0, 0.1) is 0 Å². The van der Waals surface area contributed by atoms with Gasteiger partial charge in [0.2, 0.25) is 0 Å². The zero-order chi connectivity index (χ0) is 8.36. The minimum Gasteiger partial charge on any atom is -0.412 e. The van der Waals surface area contributed by atoms with Crippen LogP contribution >= 0.6 is 0 Å². The molecule has 0 fully saturated rings. The largest absolute Gasteiger partial charge is 0.412 e. The van der Waals surface area contributed by atoms with Gasteiger partial charge in [-0.25, -0.2) is 0 Å². The predicted octanol–water partition coefficient (Wildman–Crippen LogP) is 1.99. The molecular weight excluding hydrogens is 163 g/mol. The maximum Gasteiger partial charge on any atom is 0.120 e. The molecule has 0 radical (unpaired) electrons. The molecule has 0 saturated carbocycles. The number of hydrogen-bond donors (Lipinski definition) is 0. The Hall–Kier alpha value is -0.0151. The molecule has 0 unspecified atom stereocenters. The molecule has 0 aromatic carbocycles. The minimum atomic E-state index is 0. The van der Waals surface area contributed by atoms with Gasteiger partial charge < -0.3 is 11.0 Å². The molecule has 0 bridgehead atoms. The lowest BCUT2D eigenvalue weighted by Crippen LogP contribution is -1.88. The number of hydrogen-bond acceptors (Lipinski definition) is 0. The molecule has 0 aliphatic rings. The molecule has 0 amide bonds. The van der Waals surface area contributed by atoms with Gasteiger partial charge in [0.1, 0.15) is 7.28 Å². The van der Waals surface area contributed by atoms with E-state index in [2.05, 4.69) is 13.8 Å². The fourth-order valence-electron chi connectivity index (χ4n) is 1.38. The second kappa shape index (κ2) is 17.9. The highest BCUT2D eigenvalue weighted by Gasteiger charge is 1.91. The highest BCUT2D eigenvalue weighted by atomic mass is 16.0. The van der Waals surface area contributed by atoms with Gasteiger partial charge >= 0.3 is 0 Å². The lowest BCUT2D eigenvalue weighted by Gasteiger charge is -1.97. The van der Waals surface area contributed by atoms with Crippen LogP contribution in [0.4, 0.5) is 0 Å². The van der Waals surface area contributed by atoms with Crippen molar-refractivity contribution in [2.45, 2.75) is 65.0 Å². The lowest BCUT2D eigenvalue weighted by molar-refractivity contribution is 0.699. The fraction of sp³-hybridized carbons (Fsp3) is 1.00. The van der Waals surface area contributed by atoms with Crippen molar-refractivity contribution in [3.63, 3.8) is 0 Å². The maximum absolute atomic E-state index is 2.27. The molecule has 2 nitrogen and oxygen atoms in total. The Morgan fingerprint density at radius 2 is 1.23 bits per heavy atom. The van der Waals surface area contributed by atoms with Gasteiger partial charge in [0, 0.05) is 0 Å². The first kappa shape index (κ1) is 18.7. The van der Waals surface area contributed by atoms with Crippen LogP contribution in [-0.4, -0.2) is 18.2 Å². The van der Waals surface area contributed by atoms with Crippen molar-refractivity contribution in [1.82, 2.24) is 0 Å². The van der Waals surface area contributed by atoms with Gasteiger partial charge in [-0.15, -0.1) is 0 Å². The van der Waals surface area contributed by atoms with E-state index < -0.39 is 0 Å². The quantitative estimate of drug-likeness (QED) is 0.415. The average Bonchev–Trinajstić information content (AvgIpc) is 2.03. The fourth-order valence-corrected chi connectivity index (χ4v) is 1.38. The summed E-state index contributed by atoms with van der Waals surface area (Å²) in [6.45, 7) is 4.55. The molecule has 4 N–H and O–H groups in total. The van der Waals surface area contributed by atoms with Crippen LogP contribution in [-0.2, 0) is 0 Å². The summed E-state index contributed by atoms with van der Waals surface area (Å²) in [6, 6.07) is 0. The van der Waals surface area contributed by atoms with Crippen molar-refractivity contribution in [1.29, 1.82) is 0 Å². The highest BCUT2D eigenvalue weighted by Crippen LogP contribution is 2.04. The Bertz CT molecular complexity index is 61.9. The lowest BCUT2D eigenvalue weighted by atomic mass is 9.68. The van der Waals surface area contributed by atoms with Crippen LogP contribution in [0.2, 0.25) is 12.6 Å². The molecule has 82 valence electrons.